The summed E-state index contributed by atoms with van der Waals surface area (Å²) >= 11 is 0. The molecule has 5 nitrogen and oxygen atoms in total. The zero-order valence-corrected chi connectivity index (χ0v) is 13.5. The van der Waals surface area contributed by atoms with Crippen LogP contribution in [-0.4, -0.2) is 60.9 Å². The Morgan fingerprint density at radius 2 is 1.83 bits per heavy atom. The molecule has 2 aliphatic rings. The minimum atomic E-state index is -0.182. The molecule has 2 heterocycles. The number of para-hydroxylation sites is 1. The molecule has 0 saturated carbocycles. The first kappa shape index (κ1) is 15.8. The fourth-order valence-corrected chi connectivity index (χ4v) is 3.15. The van der Waals surface area contributed by atoms with Crippen LogP contribution in [0, 0.1) is 5.82 Å². The van der Waals surface area contributed by atoms with Crippen LogP contribution in [0.3, 0.4) is 0 Å². The molecule has 0 aromatic heterocycles. The van der Waals surface area contributed by atoms with E-state index in [4.69, 9.17) is 0 Å². The molecule has 1 aromatic carbocycles. The molecule has 0 spiro atoms. The number of aliphatic imine (C=N–C) groups is 1. The van der Waals surface area contributed by atoms with Crippen LogP contribution in [0.1, 0.15) is 19.8 Å². The lowest BCUT2D eigenvalue weighted by Crippen LogP contribution is -2.53. The minimum absolute atomic E-state index is 0.153. The molecule has 1 aromatic rings. The van der Waals surface area contributed by atoms with Crippen molar-refractivity contribution in [2.75, 3.05) is 44.2 Å². The van der Waals surface area contributed by atoms with Crippen LogP contribution >= 0.6 is 0 Å². The Balaban J connectivity index is 1.63. The normalized spacial score (nSPS) is 18.3. The molecule has 0 N–H and O–H groups in total. The van der Waals surface area contributed by atoms with Gasteiger partial charge in [0.2, 0.25) is 11.9 Å². The average molecular weight is 318 g/mol. The summed E-state index contributed by atoms with van der Waals surface area (Å²) in [5, 5.41) is 0. The first-order valence-corrected chi connectivity index (χ1v) is 8.30. The zero-order chi connectivity index (χ0) is 16.2. The first-order valence-electron chi connectivity index (χ1n) is 8.30. The molecule has 124 valence electrons. The highest BCUT2D eigenvalue weighted by molar-refractivity contribution is 5.98. The van der Waals surface area contributed by atoms with Crippen LogP contribution in [0.25, 0.3) is 0 Å². The molecule has 2 aliphatic heterocycles. The number of carbonyl (C=O) groups excluding carboxylic acids is 1. The predicted octanol–water partition coefficient (Wildman–Crippen LogP) is 1.95. The third-order valence-electron chi connectivity index (χ3n) is 4.34. The largest absolute Gasteiger partial charge is 0.366 e. The molecular formula is C17H23FN4O. The Hall–Kier alpha value is -2.11. The van der Waals surface area contributed by atoms with Crippen LogP contribution in [-0.2, 0) is 4.79 Å². The standard InChI is InChI=1S/C17H23FN4O/c1-2-5-16(23)22-9-8-19-17(22)21-12-10-20(11-13-21)15-7-4-3-6-14(15)18/h3-4,6-7H,2,5,8-13H2,1H3. The average Bonchev–Trinajstić information content (AvgIpc) is 3.05. The smallest absolute Gasteiger partial charge is 0.229 e. The van der Waals surface area contributed by atoms with Crippen molar-refractivity contribution in [3.05, 3.63) is 30.1 Å². The molecule has 0 aliphatic carbocycles. The van der Waals surface area contributed by atoms with Crippen LogP contribution in [0.5, 0.6) is 0 Å². The lowest BCUT2D eigenvalue weighted by Gasteiger charge is -2.38. The van der Waals surface area contributed by atoms with Crippen molar-refractivity contribution in [3.8, 4) is 0 Å². The number of nitrogens with zero attached hydrogens (tertiary/aromatic N) is 4. The van der Waals surface area contributed by atoms with Crippen molar-refractivity contribution in [3.63, 3.8) is 0 Å². The van der Waals surface area contributed by atoms with Gasteiger partial charge < -0.3 is 9.80 Å². The second kappa shape index (κ2) is 6.98. The van der Waals surface area contributed by atoms with Crippen LogP contribution in [0.4, 0.5) is 10.1 Å². The van der Waals surface area contributed by atoms with Crippen molar-refractivity contribution in [1.82, 2.24) is 9.80 Å². The first-order chi connectivity index (χ1) is 11.2. The van der Waals surface area contributed by atoms with Gasteiger partial charge in [0, 0.05) is 39.1 Å². The molecular weight excluding hydrogens is 295 g/mol. The van der Waals surface area contributed by atoms with E-state index in [9.17, 15) is 9.18 Å². The summed E-state index contributed by atoms with van der Waals surface area (Å²) in [6, 6.07) is 6.87. The monoisotopic (exact) mass is 318 g/mol. The molecule has 1 amide bonds. The number of halogens is 1. The number of hydrogen-bond acceptors (Lipinski definition) is 4. The van der Waals surface area contributed by atoms with Crippen molar-refractivity contribution in [2.24, 2.45) is 4.99 Å². The van der Waals surface area contributed by atoms with Crippen LogP contribution in [0.2, 0.25) is 0 Å². The highest BCUT2D eigenvalue weighted by Crippen LogP contribution is 2.21. The molecule has 0 radical (unpaired) electrons. The summed E-state index contributed by atoms with van der Waals surface area (Å²) in [5.74, 6) is 0.774. The highest BCUT2D eigenvalue weighted by Gasteiger charge is 2.30. The third-order valence-corrected chi connectivity index (χ3v) is 4.34. The number of hydrogen-bond donors (Lipinski definition) is 0. The second-order valence-corrected chi connectivity index (χ2v) is 5.90. The molecule has 0 unspecified atom stereocenters. The van der Waals surface area contributed by atoms with Crippen molar-refractivity contribution < 1.29 is 9.18 Å². The highest BCUT2D eigenvalue weighted by atomic mass is 19.1. The van der Waals surface area contributed by atoms with E-state index in [1.54, 1.807) is 6.07 Å². The van der Waals surface area contributed by atoms with E-state index in [1.807, 2.05) is 24.0 Å². The molecule has 0 atom stereocenters. The Labute approximate surface area is 136 Å². The lowest BCUT2D eigenvalue weighted by atomic mass is 10.2. The molecule has 23 heavy (non-hydrogen) atoms. The maximum absolute atomic E-state index is 13.9. The Morgan fingerprint density at radius 3 is 2.52 bits per heavy atom. The van der Waals surface area contributed by atoms with Gasteiger partial charge in [0.05, 0.1) is 12.2 Å². The van der Waals surface area contributed by atoms with Gasteiger partial charge in [-0.1, -0.05) is 19.1 Å². The Kier molecular flexibility index (Phi) is 4.79. The Bertz CT molecular complexity index is 596. The van der Waals surface area contributed by atoms with Gasteiger partial charge in [-0.05, 0) is 18.6 Å². The van der Waals surface area contributed by atoms with E-state index in [0.29, 0.717) is 25.2 Å². The summed E-state index contributed by atoms with van der Waals surface area (Å²) in [6.07, 6.45) is 1.41. The maximum Gasteiger partial charge on any atom is 0.229 e. The quantitative estimate of drug-likeness (QED) is 0.855. The summed E-state index contributed by atoms with van der Waals surface area (Å²) < 4.78 is 13.9. The van der Waals surface area contributed by atoms with Gasteiger partial charge in [-0.25, -0.2) is 4.39 Å². The fraction of sp³-hybridized carbons (Fsp3) is 0.529. The molecule has 1 saturated heterocycles. The van der Waals surface area contributed by atoms with Gasteiger partial charge in [-0.15, -0.1) is 0 Å². The topological polar surface area (TPSA) is 39.2 Å². The van der Waals surface area contributed by atoms with Crippen molar-refractivity contribution in [1.29, 1.82) is 0 Å². The number of carbonyl (C=O) groups is 1. The number of piperazine rings is 1. The van der Waals surface area contributed by atoms with Crippen LogP contribution < -0.4 is 4.90 Å². The molecule has 3 rings (SSSR count). The number of benzene rings is 1. The maximum atomic E-state index is 13.9. The zero-order valence-electron chi connectivity index (χ0n) is 13.5. The fourth-order valence-electron chi connectivity index (χ4n) is 3.15. The molecule has 1 fully saturated rings. The summed E-state index contributed by atoms with van der Waals surface area (Å²) in [4.78, 5) is 22.7. The number of amides is 1. The minimum Gasteiger partial charge on any atom is -0.366 e. The summed E-state index contributed by atoms with van der Waals surface area (Å²) in [5.41, 5.74) is 0.652. The number of rotatable bonds is 3. The van der Waals surface area contributed by atoms with Gasteiger partial charge in [-0.3, -0.25) is 14.7 Å². The van der Waals surface area contributed by atoms with Gasteiger partial charge in [0.15, 0.2) is 0 Å². The third kappa shape index (κ3) is 3.30. The van der Waals surface area contributed by atoms with Gasteiger partial charge >= 0.3 is 0 Å². The van der Waals surface area contributed by atoms with E-state index in [-0.39, 0.29) is 11.7 Å². The molecule has 0 bridgehead atoms. The van der Waals surface area contributed by atoms with Crippen molar-refractivity contribution >= 4 is 17.6 Å². The summed E-state index contributed by atoms with van der Waals surface area (Å²) in [6.45, 7) is 6.34. The second-order valence-electron chi connectivity index (χ2n) is 5.90. The predicted molar refractivity (Wildman–Crippen MR) is 89.1 cm³/mol. The Morgan fingerprint density at radius 1 is 1.13 bits per heavy atom. The van der Waals surface area contributed by atoms with Crippen molar-refractivity contribution in [2.45, 2.75) is 19.8 Å². The number of anilines is 1. The van der Waals surface area contributed by atoms with E-state index in [0.717, 1.165) is 38.6 Å². The van der Waals surface area contributed by atoms with Gasteiger partial charge in [0.25, 0.3) is 0 Å². The van der Waals surface area contributed by atoms with Gasteiger partial charge in [-0.2, -0.15) is 0 Å². The van der Waals surface area contributed by atoms with E-state index >= 15 is 0 Å². The molecule has 6 heteroatoms. The van der Waals surface area contributed by atoms with Crippen LogP contribution in [0.15, 0.2) is 29.3 Å². The SMILES string of the molecule is CCCC(=O)N1CCN=C1N1CCN(c2ccccc2F)CC1. The van der Waals surface area contributed by atoms with E-state index in [1.165, 1.54) is 6.07 Å². The van der Waals surface area contributed by atoms with E-state index in [2.05, 4.69) is 14.8 Å². The number of guanidine groups is 1. The lowest BCUT2D eigenvalue weighted by molar-refractivity contribution is -0.127. The van der Waals surface area contributed by atoms with Gasteiger partial charge in [0.1, 0.15) is 5.82 Å². The summed E-state index contributed by atoms with van der Waals surface area (Å²) in [7, 11) is 0. The van der Waals surface area contributed by atoms with E-state index < -0.39 is 0 Å².